The van der Waals surface area contributed by atoms with Crippen LogP contribution in [0.3, 0.4) is 0 Å². The summed E-state index contributed by atoms with van der Waals surface area (Å²) in [6.07, 6.45) is 2.80. The number of aromatic nitrogens is 1. The van der Waals surface area contributed by atoms with Crippen LogP contribution in [-0.4, -0.2) is 31.2 Å². The SMILES string of the molecule is COC(=O)c1cnc(N2CCC(C(C)(C)C)C2)s1. The van der Waals surface area contributed by atoms with Crippen LogP contribution in [0.15, 0.2) is 6.20 Å². The van der Waals surface area contributed by atoms with Gasteiger partial charge in [-0.1, -0.05) is 32.1 Å². The van der Waals surface area contributed by atoms with Crippen LogP contribution >= 0.6 is 11.3 Å². The van der Waals surface area contributed by atoms with Crippen LogP contribution in [0, 0.1) is 11.3 Å². The number of esters is 1. The fourth-order valence-corrected chi connectivity index (χ4v) is 3.12. The topological polar surface area (TPSA) is 42.4 Å². The number of hydrogen-bond acceptors (Lipinski definition) is 5. The lowest BCUT2D eigenvalue weighted by atomic mass is 9.80. The van der Waals surface area contributed by atoms with Crippen LogP contribution in [0.1, 0.15) is 36.9 Å². The molecule has 18 heavy (non-hydrogen) atoms. The number of carbonyl (C=O) groups excluding carboxylic acids is 1. The average Bonchev–Trinajstić information content (AvgIpc) is 2.94. The van der Waals surface area contributed by atoms with E-state index in [1.807, 2.05) is 0 Å². The highest BCUT2D eigenvalue weighted by molar-refractivity contribution is 7.17. The fourth-order valence-electron chi connectivity index (χ4n) is 2.25. The van der Waals surface area contributed by atoms with E-state index < -0.39 is 0 Å². The van der Waals surface area contributed by atoms with Crippen molar-refractivity contribution in [2.24, 2.45) is 11.3 Å². The molecule has 1 fully saturated rings. The number of ether oxygens (including phenoxy) is 1. The summed E-state index contributed by atoms with van der Waals surface area (Å²) in [4.78, 5) is 18.6. The van der Waals surface area contributed by atoms with E-state index in [2.05, 4.69) is 30.7 Å². The maximum atomic E-state index is 11.4. The van der Waals surface area contributed by atoms with Crippen molar-refractivity contribution in [2.75, 3.05) is 25.1 Å². The Morgan fingerprint density at radius 2 is 2.28 bits per heavy atom. The Bertz CT molecular complexity index is 436. The summed E-state index contributed by atoms with van der Waals surface area (Å²) < 4.78 is 4.70. The monoisotopic (exact) mass is 268 g/mol. The van der Waals surface area contributed by atoms with E-state index in [4.69, 9.17) is 4.74 Å². The Morgan fingerprint density at radius 1 is 1.56 bits per heavy atom. The highest BCUT2D eigenvalue weighted by atomic mass is 32.1. The molecule has 0 bridgehead atoms. The van der Waals surface area contributed by atoms with Gasteiger partial charge in [-0.25, -0.2) is 9.78 Å². The smallest absolute Gasteiger partial charge is 0.349 e. The maximum Gasteiger partial charge on any atom is 0.349 e. The van der Waals surface area contributed by atoms with Gasteiger partial charge in [0.1, 0.15) is 4.88 Å². The molecule has 1 aromatic rings. The van der Waals surface area contributed by atoms with Crippen molar-refractivity contribution in [2.45, 2.75) is 27.2 Å². The van der Waals surface area contributed by atoms with Gasteiger partial charge in [-0.05, 0) is 17.8 Å². The molecule has 5 heteroatoms. The molecule has 1 aliphatic heterocycles. The number of nitrogens with zero attached hydrogens (tertiary/aromatic N) is 2. The Labute approximate surface area is 112 Å². The Hall–Kier alpha value is -1.10. The third-order valence-corrected chi connectivity index (χ3v) is 4.60. The second kappa shape index (κ2) is 4.88. The number of rotatable bonds is 2. The molecule has 2 heterocycles. The lowest BCUT2D eigenvalue weighted by Gasteiger charge is -2.26. The van der Waals surface area contributed by atoms with E-state index in [0.29, 0.717) is 16.2 Å². The third kappa shape index (κ3) is 2.66. The molecule has 4 nitrogen and oxygen atoms in total. The van der Waals surface area contributed by atoms with E-state index >= 15 is 0 Å². The van der Waals surface area contributed by atoms with Gasteiger partial charge in [-0.3, -0.25) is 0 Å². The highest BCUT2D eigenvalue weighted by Crippen LogP contribution is 2.36. The lowest BCUT2D eigenvalue weighted by Crippen LogP contribution is -2.25. The first-order valence-corrected chi connectivity index (χ1v) is 7.02. The fraction of sp³-hybridized carbons (Fsp3) is 0.692. The first kappa shape index (κ1) is 13.3. The van der Waals surface area contributed by atoms with Crippen molar-refractivity contribution >= 4 is 22.4 Å². The molecule has 100 valence electrons. The standard InChI is InChI=1S/C13H20N2O2S/c1-13(2,3)9-5-6-15(8-9)12-14-7-10(18-12)11(16)17-4/h7,9H,5-6,8H2,1-4H3. The van der Waals surface area contributed by atoms with Crippen molar-refractivity contribution < 1.29 is 9.53 Å². The van der Waals surface area contributed by atoms with Crippen molar-refractivity contribution in [1.82, 2.24) is 4.98 Å². The molecule has 0 N–H and O–H groups in total. The molecule has 1 saturated heterocycles. The molecule has 1 aromatic heterocycles. The number of anilines is 1. The summed E-state index contributed by atoms with van der Waals surface area (Å²) >= 11 is 1.42. The molecule has 1 atom stereocenters. The van der Waals surface area contributed by atoms with Gasteiger partial charge in [0.15, 0.2) is 5.13 Å². The predicted octanol–water partition coefficient (Wildman–Crippen LogP) is 2.80. The molecule has 0 saturated carbocycles. The molecule has 1 unspecified atom stereocenters. The van der Waals surface area contributed by atoms with Crippen LogP contribution in [0.2, 0.25) is 0 Å². The quantitative estimate of drug-likeness (QED) is 0.774. The van der Waals surface area contributed by atoms with Gasteiger partial charge in [0, 0.05) is 13.1 Å². The first-order valence-electron chi connectivity index (χ1n) is 6.21. The van der Waals surface area contributed by atoms with Gasteiger partial charge < -0.3 is 9.64 Å². The van der Waals surface area contributed by atoms with Crippen LogP contribution in [-0.2, 0) is 4.74 Å². The molecular weight excluding hydrogens is 248 g/mol. The second-order valence-electron chi connectivity index (χ2n) is 5.80. The minimum Gasteiger partial charge on any atom is -0.465 e. The minimum atomic E-state index is -0.301. The molecule has 0 amide bonds. The van der Waals surface area contributed by atoms with Gasteiger partial charge in [0.05, 0.1) is 13.3 Å². The van der Waals surface area contributed by atoms with Crippen molar-refractivity contribution in [3.8, 4) is 0 Å². The van der Waals surface area contributed by atoms with E-state index in [9.17, 15) is 4.79 Å². The van der Waals surface area contributed by atoms with Crippen molar-refractivity contribution in [3.63, 3.8) is 0 Å². The normalized spacial score (nSPS) is 20.2. The Morgan fingerprint density at radius 3 is 2.83 bits per heavy atom. The van der Waals surface area contributed by atoms with Gasteiger partial charge in [-0.2, -0.15) is 0 Å². The molecule has 0 aromatic carbocycles. The molecule has 0 radical (unpaired) electrons. The van der Waals surface area contributed by atoms with Crippen molar-refractivity contribution in [3.05, 3.63) is 11.1 Å². The predicted molar refractivity (Wildman–Crippen MR) is 73.2 cm³/mol. The summed E-state index contributed by atoms with van der Waals surface area (Å²) in [5, 5.41) is 0.933. The van der Waals surface area contributed by atoms with Crippen LogP contribution in [0.5, 0.6) is 0 Å². The summed E-state index contributed by atoms with van der Waals surface area (Å²) in [6, 6.07) is 0. The van der Waals surface area contributed by atoms with Gasteiger partial charge in [-0.15, -0.1) is 0 Å². The van der Waals surface area contributed by atoms with Gasteiger partial charge >= 0.3 is 5.97 Å². The summed E-state index contributed by atoms with van der Waals surface area (Å²) in [7, 11) is 1.40. The molecule has 1 aliphatic rings. The van der Waals surface area contributed by atoms with Gasteiger partial charge in [0.2, 0.25) is 0 Å². The second-order valence-corrected chi connectivity index (χ2v) is 6.81. The zero-order chi connectivity index (χ0) is 13.3. The van der Waals surface area contributed by atoms with Crippen LogP contribution in [0.25, 0.3) is 0 Å². The number of carbonyl (C=O) groups is 1. The van der Waals surface area contributed by atoms with Crippen LogP contribution < -0.4 is 4.90 Å². The summed E-state index contributed by atoms with van der Waals surface area (Å²) in [6.45, 7) is 8.89. The lowest BCUT2D eigenvalue weighted by molar-refractivity contribution is 0.0606. The van der Waals surface area contributed by atoms with E-state index in [1.165, 1.54) is 24.9 Å². The Balaban J connectivity index is 2.06. The third-order valence-electron chi connectivity index (χ3n) is 3.56. The summed E-state index contributed by atoms with van der Waals surface area (Å²) in [5.74, 6) is 0.383. The minimum absolute atomic E-state index is 0.301. The molecule has 0 aliphatic carbocycles. The molecule has 0 spiro atoms. The van der Waals surface area contributed by atoms with E-state index in [0.717, 1.165) is 18.2 Å². The van der Waals surface area contributed by atoms with Crippen molar-refractivity contribution in [1.29, 1.82) is 0 Å². The maximum absolute atomic E-state index is 11.4. The van der Waals surface area contributed by atoms with E-state index in [-0.39, 0.29) is 5.97 Å². The number of thiazole rings is 1. The van der Waals surface area contributed by atoms with E-state index in [1.54, 1.807) is 6.20 Å². The van der Waals surface area contributed by atoms with Gasteiger partial charge in [0.25, 0.3) is 0 Å². The average molecular weight is 268 g/mol. The zero-order valence-electron chi connectivity index (χ0n) is 11.4. The highest BCUT2D eigenvalue weighted by Gasteiger charge is 2.33. The first-order chi connectivity index (χ1) is 8.41. The number of hydrogen-bond donors (Lipinski definition) is 0. The molecule has 2 rings (SSSR count). The largest absolute Gasteiger partial charge is 0.465 e. The zero-order valence-corrected chi connectivity index (χ0v) is 12.2. The number of methoxy groups -OCH3 is 1. The Kier molecular flexibility index (Phi) is 3.61. The summed E-state index contributed by atoms with van der Waals surface area (Å²) in [5.41, 5.74) is 0.331. The van der Waals surface area contributed by atoms with Crippen LogP contribution in [0.4, 0.5) is 5.13 Å². The molecular formula is C13H20N2O2S.